The van der Waals surface area contributed by atoms with Crippen LogP contribution in [0.5, 0.6) is 0 Å². The number of carbonyl (C=O) groups excluding carboxylic acids is 1. The maximum Gasteiger partial charge on any atom is 0.255 e. The second-order valence-corrected chi connectivity index (χ2v) is 3.34. The number of hydrogen-bond donors (Lipinski definition) is 2. The highest BCUT2D eigenvalue weighted by molar-refractivity contribution is 5.76. The van der Waals surface area contributed by atoms with Crippen LogP contribution in [0.2, 0.25) is 0 Å². The highest BCUT2D eigenvalue weighted by atomic mass is 19.3. The second-order valence-electron chi connectivity index (χ2n) is 3.34. The fraction of sp³-hybridized carbons (Fsp3) is 0.889. The molecule has 0 radical (unpaired) electrons. The molecule has 1 unspecified atom stereocenters. The average Bonchev–Trinajstić information content (AvgIpc) is 2.12. The molecule has 0 aromatic carbocycles. The van der Waals surface area contributed by atoms with E-state index in [4.69, 9.17) is 10.2 Å². The minimum atomic E-state index is -2.60. The Morgan fingerprint density at radius 2 is 2.07 bits per heavy atom. The fourth-order valence-electron chi connectivity index (χ4n) is 1.10. The van der Waals surface area contributed by atoms with Gasteiger partial charge in [-0.25, -0.2) is 8.78 Å². The molecule has 4 nitrogen and oxygen atoms in total. The van der Waals surface area contributed by atoms with Gasteiger partial charge in [0.15, 0.2) is 0 Å². The molecule has 0 aromatic heterocycles. The molecule has 15 heavy (non-hydrogen) atoms. The van der Waals surface area contributed by atoms with Crippen molar-refractivity contribution >= 4 is 5.91 Å². The first-order valence-electron chi connectivity index (χ1n) is 4.82. The third-order valence-corrected chi connectivity index (χ3v) is 1.86. The zero-order chi connectivity index (χ0) is 11.8. The summed E-state index contributed by atoms with van der Waals surface area (Å²) < 4.78 is 24.1. The van der Waals surface area contributed by atoms with Crippen molar-refractivity contribution in [1.29, 1.82) is 0 Å². The Bertz CT molecular complexity index is 188. The number of aliphatic hydroxyl groups is 2. The Kier molecular flexibility index (Phi) is 7.15. The van der Waals surface area contributed by atoms with Crippen LogP contribution in [-0.4, -0.2) is 53.2 Å². The lowest BCUT2D eigenvalue weighted by Crippen LogP contribution is -2.37. The molecule has 1 atom stereocenters. The number of hydrogen-bond acceptors (Lipinski definition) is 3. The quantitative estimate of drug-likeness (QED) is 0.652. The van der Waals surface area contributed by atoms with E-state index in [-0.39, 0.29) is 26.0 Å². The molecule has 1 amide bonds. The molecule has 0 saturated heterocycles. The van der Waals surface area contributed by atoms with Crippen molar-refractivity contribution in [1.82, 2.24) is 4.90 Å². The van der Waals surface area contributed by atoms with Gasteiger partial charge in [0.2, 0.25) is 5.91 Å². The van der Waals surface area contributed by atoms with Gasteiger partial charge in [-0.1, -0.05) is 0 Å². The lowest BCUT2D eigenvalue weighted by Gasteiger charge is -2.21. The molecule has 0 aliphatic heterocycles. The van der Waals surface area contributed by atoms with E-state index in [2.05, 4.69) is 0 Å². The second kappa shape index (κ2) is 7.53. The predicted molar refractivity (Wildman–Crippen MR) is 50.6 cm³/mol. The first kappa shape index (κ1) is 14.2. The Hall–Kier alpha value is -0.750. The summed E-state index contributed by atoms with van der Waals surface area (Å²) in [4.78, 5) is 12.3. The number of rotatable bonds is 7. The largest absolute Gasteiger partial charge is 0.395 e. The zero-order valence-electron chi connectivity index (χ0n) is 8.70. The molecular formula is C9H17F2NO3. The van der Waals surface area contributed by atoms with E-state index in [1.807, 2.05) is 0 Å². The van der Waals surface area contributed by atoms with Gasteiger partial charge in [0, 0.05) is 13.0 Å². The number of alkyl halides is 2. The van der Waals surface area contributed by atoms with Gasteiger partial charge in [0.25, 0.3) is 6.43 Å². The molecule has 6 heteroatoms. The molecule has 0 fully saturated rings. The molecule has 0 heterocycles. The van der Waals surface area contributed by atoms with Crippen LogP contribution in [0.25, 0.3) is 0 Å². The highest BCUT2D eigenvalue weighted by Crippen LogP contribution is 2.04. The van der Waals surface area contributed by atoms with Crippen LogP contribution in [0.1, 0.15) is 19.8 Å². The van der Waals surface area contributed by atoms with Crippen LogP contribution in [0.4, 0.5) is 8.78 Å². The molecule has 90 valence electrons. The van der Waals surface area contributed by atoms with E-state index in [9.17, 15) is 13.6 Å². The van der Waals surface area contributed by atoms with Gasteiger partial charge in [-0.3, -0.25) is 4.79 Å². The van der Waals surface area contributed by atoms with Crippen LogP contribution in [0, 0.1) is 0 Å². The summed E-state index contributed by atoms with van der Waals surface area (Å²) in [5.74, 6) is -0.467. The van der Waals surface area contributed by atoms with Gasteiger partial charge < -0.3 is 15.1 Å². The number of carbonyl (C=O) groups is 1. The van der Waals surface area contributed by atoms with Gasteiger partial charge in [-0.2, -0.15) is 0 Å². The summed E-state index contributed by atoms with van der Waals surface area (Å²) in [6, 6.07) is 0. The van der Waals surface area contributed by atoms with Crippen molar-refractivity contribution in [2.75, 3.05) is 19.7 Å². The van der Waals surface area contributed by atoms with Crippen molar-refractivity contribution in [2.45, 2.75) is 32.3 Å². The summed E-state index contributed by atoms with van der Waals surface area (Å²) >= 11 is 0. The van der Waals surface area contributed by atoms with Crippen LogP contribution in [0.15, 0.2) is 0 Å². The lowest BCUT2D eigenvalue weighted by molar-refractivity contribution is -0.134. The van der Waals surface area contributed by atoms with Gasteiger partial charge in [-0.15, -0.1) is 0 Å². The topological polar surface area (TPSA) is 60.8 Å². The fourth-order valence-corrected chi connectivity index (χ4v) is 1.10. The van der Waals surface area contributed by atoms with E-state index in [0.717, 1.165) is 4.90 Å². The molecule has 0 aliphatic rings. The average molecular weight is 225 g/mol. The molecule has 0 spiro atoms. The van der Waals surface area contributed by atoms with Gasteiger partial charge in [0.05, 0.1) is 19.3 Å². The van der Waals surface area contributed by atoms with E-state index in [1.165, 1.54) is 6.92 Å². The number of amides is 1. The van der Waals surface area contributed by atoms with Crippen LogP contribution in [0.3, 0.4) is 0 Å². The first-order valence-corrected chi connectivity index (χ1v) is 4.82. The van der Waals surface area contributed by atoms with Crippen molar-refractivity contribution < 1.29 is 23.8 Å². The molecule has 0 bridgehead atoms. The van der Waals surface area contributed by atoms with E-state index < -0.39 is 25.0 Å². The Morgan fingerprint density at radius 1 is 1.47 bits per heavy atom. The third kappa shape index (κ3) is 7.21. The SMILES string of the molecule is CC(O)CCC(=O)N(CCO)CC(F)F. The molecule has 2 N–H and O–H groups in total. The summed E-state index contributed by atoms with van der Waals surface area (Å²) in [7, 11) is 0. The smallest absolute Gasteiger partial charge is 0.255 e. The van der Waals surface area contributed by atoms with Gasteiger partial charge >= 0.3 is 0 Å². The molecule has 0 rings (SSSR count). The van der Waals surface area contributed by atoms with E-state index in [1.54, 1.807) is 0 Å². The maximum absolute atomic E-state index is 12.0. The standard InChI is InChI=1S/C9H17F2NO3/c1-7(14)2-3-9(15)12(4-5-13)6-8(10)11/h7-8,13-14H,2-6H2,1H3. The Morgan fingerprint density at radius 3 is 2.47 bits per heavy atom. The number of halogens is 2. The molecule has 0 saturated carbocycles. The minimum absolute atomic E-state index is 0.0182. The Labute approximate surface area is 87.5 Å². The lowest BCUT2D eigenvalue weighted by atomic mass is 10.2. The van der Waals surface area contributed by atoms with Crippen molar-refractivity contribution in [3.05, 3.63) is 0 Å². The summed E-state index contributed by atoms with van der Waals surface area (Å²) in [6.07, 6.45) is -2.97. The maximum atomic E-state index is 12.0. The van der Waals surface area contributed by atoms with E-state index in [0.29, 0.717) is 0 Å². The predicted octanol–water partition coefficient (Wildman–Crippen LogP) is 0.233. The molecule has 0 aliphatic carbocycles. The third-order valence-electron chi connectivity index (χ3n) is 1.86. The van der Waals surface area contributed by atoms with Crippen LogP contribution < -0.4 is 0 Å². The zero-order valence-corrected chi connectivity index (χ0v) is 8.70. The van der Waals surface area contributed by atoms with Crippen LogP contribution >= 0.6 is 0 Å². The van der Waals surface area contributed by atoms with Gasteiger partial charge in [-0.05, 0) is 13.3 Å². The Balaban J connectivity index is 4.04. The summed E-state index contributed by atoms with van der Waals surface area (Å²) in [5, 5.41) is 17.5. The van der Waals surface area contributed by atoms with Crippen molar-refractivity contribution in [3.63, 3.8) is 0 Å². The monoisotopic (exact) mass is 225 g/mol. The summed E-state index contributed by atoms with van der Waals surface area (Å²) in [5.41, 5.74) is 0. The molecule has 0 aromatic rings. The number of nitrogens with zero attached hydrogens (tertiary/aromatic N) is 1. The summed E-state index contributed by atoms with van der Waals surface area (Å²) in [6.45, 7) is 0.423. The highest BCUT2D eigenvalue weighted by Gasteiger charge is 2.17. The minimum Gasteiger partial charge on any atom is -0.395 e. The van der Waals surface area contributed by atoms with Crippen molar-refractivity contribution in [2.24, 2.45) is 0 Å². The molecular weight excluding hydrogens is 208 g/mol. The number of aliphatic hydroxyl groups excluding tert-OH is 2. The van der Waals surface area contributed by atoms with Crippen LogP contribution in [-0.2, 0) is 4.79 Å². The normalized spacial score (nSPS) is 12.9. The van der Waals surface area contributed by atoms with Crippen molar-refractivity contribution in [3.8, 4) is 0 Å². The van der Waals surface area contributed by atoms with Gasteiger partial charge in [0.1, 0.15) is 0 Å². The van der Waals surface area contributed by atoms with E-state index >= 15 is 0 Å². The first-order chi connectivity index (χ1) is 6.97.